The number of benzene rings is 1. The third-order valence-electron chi connectivity index (χ3n) is 5.67. The number of nitrogens with zero attached hydrogens (tertiary/aromatic N) is 5. The lowest BCUT2D eigenvalue weighted by molar-refractivity contribution is -0.142. The van der Waals surface area contributed by atoms with Gasteiger partial charge < -0.3 is 4.90 Å². The minimum absolute atomic E-state index is 0.0413. The summed E-state index contributed by atoms with van der Waals surface area (Å²) in [5, 5.41) is 3.99. The molecule has 176 valence electrons. The van der Waals surface area contributed by atoms with E-state index in [0.29, 0.717) is 39.9 Å². The normalized spacial score (nSPS) is 15.2. The van der Waals surface area contributed by atoms with Gasteiger partial charge in [0.15, 0.2) is 17.0 Å². The van der Waals surface area contributed by atoms with E-state index in [-0.39, 0.29) is 17.0 Å². The molecular weight excluding hydrogens is 487 g/mol. The van der Waals surface area contributed by atoms with Crippen LogP contribution >= 0.6 is 22.9 Å². The first kappa shape index (κ1) is 22.8. The van der Waals surface area contributed by atoms with Crippen molar-refractivity contribution in [1.82, 2.24) is 24.4 Å². The molecule has 0 N–H and O–H groups in total. The van der Waals surface area contributed by atoms with Crippen molar-refractivity contribution in [3.63, 3.8) is 0 Å². The van der Waals surface area contributed by atoms with E-state index in [1.54, 1.807) is 17.0 Å². The molecule has 0 spiro atoms. The largest absolute Gasteiger partial charge is 0.433 e. The molecule has 0 aliphatic carbocycles. The quantitative estimate of drug-likeness (QED) is 0.388. The highest BCUT2D eigenvalue weighted by molar-refractivity contribution is 7.19. The molecule has 1 amide bonds. The third-order valence-corrected chi connectivity index (χ3v) is 6.92. The number of hydrogen-bond donors (Lipinski definition) is 0. The Morgan fingerprint density at radius 1 is 1.03 bits per heavy atom. The van der Waals surface area contributed by atoms with Crippen LogP contribution in [-0.4, -0.2) is 56.5 Å². The molecule has 0 radical (unpaired) electrons. The summed E-state index contributed by atoms with van der Waals surface area (Å²) in [6.45, 7) is 3.06. The Labute approximate surface area is 202 Å². The van der Waals surface area contributed by atoms with Crippen LogP contribution in [0.1, 0.15) is 21.7 Å². The zero-order chi connectivity index (χ0) is 23.9. The van der Waals surface area contributed by atoms with E-state index in [0.717, 1.165) is 23.9 Å². The Bertz CT molecular complexity index is 1330. The summed E-state index contributed by atoms with van der Waals surface area (Å²) in [4.78, 5) is 21.7. The molecule has 1 aliphatic rings. The maximum Gasteiger partial charge on any atom is 0.433 e. The van der Waals surface area contributed by atoms with Crippen LogP contribution in [0.3, 0.4) is 0 Å². The number of alkyl halides is 3. The van der Waals surface area contributed by atoms with Crippen molar-refractivity contribution in [3.8, 4) is 10.6 Å². The summed E-state index contributed by atoms with van der Waals surface area (Å²) >= 11 is 7.07. The molecule has 11 heteroatoms. The van der Waals surface area contributed by atoms with Crippen molar-refractivity contribution in [1.29, 1.82) is 0 Å². The summed E-state index contributed by atoms with van der Waals surface area (Å²) in [6.07, 6.45) is -4.67. The van der Waals surface area contributed by atoms with Crippen molar-refractivity contribution in [3.05, 3.63) is 75.9 Å². The Kier molecular flexibility index (Phi) is 6.05. The Morgan fingerprint density at radius 3 is 2.41 bits per heavy atom. The van der Waals surface area contributed by atoms with Crippen molar-refractivity contribution in [2.45, 2.75) is 12.7 Å². The maximum absolute atomic E-state index is 13.8. The SMILES string of the molecule is O=C(c1cc2nc(-c3ccc(Cl)s3)cc(C(F)(F)F)n2n1)N1CCN(Cc2ccccc2)CC1. The summed E-state index contributed by atoms with van der Waals surface area (Å²) in [6, 6.07) is 15.5. The second-order valence-corrected chi connectivity index (χ2v) is 9.70. The summed E-state index contributed by atoms with van der Waals surface area (Å²) in [5.41, 5.74) is 0.224. The number of rotatable bonds is 4. The molecule has 34 heavy (non-hydrogen) atoms. The maximum atomic E-state index is 13.8. The molecule has 3 aromatic heterocycles. The number of piperazine rings is 1. The van der Waals surface area contributed by atoms with Crippen LogP contribution < -0.4 is 0 Å². The summed E-state index contributed by atoms with van der Waals surface area (Å²) in [5.74, 6) is -0.404. The lowest BCUT2D eigenvalue weighted by Gasteiger charge is -2.34. The van der Waals surface area contributed by atoms with Gasteiger partial charge in [-0.2, -0.15) is 18.3 Å². The fourth-order valence-electron chi connectivity index (χ4n) is 3.97. The van der Waals surface area contributed by atoms with E-state index in [4.69, 9.17) is 11.6 Å². The predicted octanol–water partition coefficient (Wildman–Crippen LogP) is 5.09. The number of hydrogen-bond acceptors (Lipinski definition) is 5. The van der Waals surface area contributed by atoms with E-state index in [1.165, 1.54) is 11.6 Å². The van der Waals surface area contributed by atoms with Gasteiger partial charge in [0.1, 0.15) is 0 Å². The lowest BCUT2D eigenvalue weighted by atomic mass is 10.2. The fraction of sp³-hybridized carbons (Fsp3) is 0.261. The first-order valence-electron chi connectivity index (χ1n) is 10.6. The van der Waals surface area contributed by atoms with Crippen molar-refractivity contribution in [2.24, 2.45) is 0 Å². The van der Waals surface area contributed by atoms with Gasteiger partial charge in [0.05, 0.1) is 14.9 Å². The Morgan fingerprint density at radius 2 is 1.76 bits per heavy atom. The number of halogens is 4. The molecule has 6 nitrogen and oxygen atoms in total. The molecule has 4 aromatic rings. The van der Waals surface area contributed by atoms with Crippen LogP contribution in [0, 0.1) is 0 Å². The average Bonchev–Trinajstić information content (AvgIpc) is 3.44. The number of thiophene rings is 1. The van der Waals surface area contributed by atoms with Crippen LogP contribution in [0.2, 0.25) is 4.34 Å². The van der Waals surface area contributed by atoms with E-state index in [2.05, 4.69) is 27.1 Å². The molecule has 0 atom stereocenters. The minimum Gasteiger partial charge on any atom is -0.335 e. The van der Waals surface area contributed by atoms with Gasteiger partial charge in [-0.05, 0) is 23.8 Å². The number of aromatic nitrogens is 3. The van der Waals surface area contributed by atoms with Gasteiger partial charge in [0.25, 0.3) is 5.91 Å². The Balaban J connectivity index is 1.38. The molecule has 4 heterocycles. The fourth-order valence-corrected chi connectivity index (χ4v) is 4.98. The molecule has 1 aliphatic heterocycles. The zero-order valence-electron chi connectivity index (χ0n) is 17.8. The molecule has 0 unspecified atom stereocenters. The number of carbonyl (C=O) groups excluding carboxylic acids is 1. The van der Waals surface area contributed by atoms with Gasteiger partial charge >= 0.3 is 6.18 Å². The van der Waals surface area contributed by atoms with Crippen molar-refractivity contribution >= 4 is 34.5 Å². The van der Waals surface area contributed by atoms with Crippen LogP contribution in [-0.2, 0) is 12.7 Å². The topological polar surface area (TPSA) is 53.7 Å². The highest BCUT2D eigenvalue weighted by atomic mass is 35.5. The zero-order valence-corrected chi connectivity index (χ0v) is 19.4. The highest BCUT2D eigenvalue weighted by Gasteiger charge is 2.36. The van der Waals surface area contributed by atoms with E-state index >= 15 is 0 Å². The molecule has 1 fully saturated rings. The van der Waals surface area contributed by atoms with Crippen LogP contribution in [0.25, 0.3) is 16.2 Å². The van der Waals surface area contributed by atoms with Gasteiger partial charge in [-0.1, -0.05) is 41.9 Å². The van der Waals surface area contributed by atoms with Gasteiger partial charge in [-0.25, -0.2) is 9.50 Å². The van der Waals surface area contributed by atoms with E-state index in [9.17, 15) is 18.0 Å². The summed E-state index contributed by atoms with van der Waals surface area (Å²) in [7, 11) is 0. The predicted molar refractivity (Wildman–Crippen MR) is 124 cm³/mol. The number of fused-ring (bicyclic) bond motifs is 1. The monoisotopic (exact) mass is 505 g/mol. The van der Waals surface area contributed by atoms with Gasteiger partial charge in [-0.3, -0.25) is 9.69 Å². The molecule has 1 saturated heterocycles. The van der Waals surface area contributed by atoms with Gasteiger partial charge in [0, 0.05) is 38.8 Å². The lowest BCUT2D eigenvalue weighted by Crippen LogP contribution is -2.48. The van der Waals surface area contributed by atoms with Crippen molar-refractivity contribution in [2.75, 3.05) is 26.2 Å². The Hall–Kier alpha value is -2.95. The van der Waals surface area contributed by atoms with Crippen molar-refractivity contribution < 1.29 is 18.0 Å². The second kappa shape index (κ2) is 9.01. The number of amides is 1. The van der Waals surface area contributed by atoms with Crippen LogP contribution in [0.15, 0.2) is 54.6 Å². The van der Waals surface area contributed by atoms with E-state index < -0.39 is 17.8 Å². The van der Waals surface area contributed by atoms with Crippen LogP contribution in [0.4, 0.5) is 13.2 Å². The van der Waals surface area contributed by atoms with Gasteiger partial charge in [-0.15, -0.1) is 11.3 Å². The first-order valence-corrected chi connectivity index (χ1v) is 11.8. The minimum atomic E-state index is -4.67. The highest BCUT2D eigenvalue weighted by Crippen LogP contribution is 2.35. The molecule has 0 saturated carbocycles. The standard InChI is InChI=1S/C23H19ClF3N5OS/c24-20-7-6-18(34-20)16-12-19(23(25,26)27)32-21(28-16)13-17(29-32)22(33)31-10-8-30(9-11-31)14-15-4-2-1-3-5-15/h1-7,12-13H,8-11,14H2. The summed E-state index contributed by atoms with van der Waals surface area (Å²) < 4.78 is 42.5. The molecule has 5 rings (SSSR count). The molecule has 0 bridgehead atoms. The third kappa shape index (κ3) is 4.66. The van der Waals surface area contributed by atoms with Gasteiger partial charge in [0.2, 0.25) is 0 Å². The smallest absolute Gasteiger partial charge is 0.335 e. The van der Waals surface area contributed by atoms with Crippen LogP contribution in [0.5, 0.6) is 0 Å². The first-order chi connectivity index (χ1) is 16.3. The second-order valence-electron chi connectivity index (χ2n) is 7.98. The number of carbonyl (C=O) groups is 1. The average molecular weight is 506 g/mol. The molecule has 1 aromatic carbocycles. The van der Waals surface area contributed by atoms with E-state index in [1.807, 2.05) is 18.2 Å². The molecular formula is C23H19ClF3N5OS.